The maximum atomic E-state index is 12.6. The van der Waals surface area contributed by atoms with E-state index in [1.54, 1.807) is 17.0 Å². The zero-order chi connectivity index (χ0) is 23.9. The number of carbonyl (C=O) groups is 2. The van der Waals surface area contributed by atoms with Crippen molar-refractivity contribution < 1.29 is 19.4 Å². The van der Waals surface area contributed by atoms with E-state index in [-0.39, 0.29) is 11.7 Å². The van der Waals surface area contributed by atoms with Crippen molar-refractivity contribution in [2.45, 2.75) is 26.3 Å². The summed E-state index contributed by atoms with van der Waals surface area (Å²) in [6.45, 7) is 5.13. The van der Waals surface area contributed by atoms with E-state index in [2.05, 4.69) is 14.9 Å². The molecule has 1 aliphatic rings. The Morgan fingerprint density at radius 3 is 2.35 bits per heavy atom. The van der Waals surface area contributed by atoms with Gasteiger partial charge in [0.1, 0.15) is 5.75 Å². The van der Waals surface area contributed by atoms with E-state index in [0.717, 1.165) is 29.9 Å². The highest BCUT2D eigenvalue weighted by molar-refractivity contribution is 5.87. The number of carbonyl (C=O) groups excluding carboxylic acids is 1. The Balaban J connectivity index is 1.21. The molecule has 2 aromatic heterocycles. The van der Waals surface area contributed by atoms with Crippen LogP contribution in [0.25, 0.3) is 0 Å². The monoisotopic (exact) mass is 460 g/mol. The van der Waals surface area contributed by atoms with Gasteiger partial charge in [0.25, 0.3) is 0 Å². The van der Waals surface area contributed by atoms with Crippen LogP contribution in [0.5, 0.6) is 5.75 Å². The summed E-state index contributed by atoms with van der Waals surface area (Å²) in [7, 11) is 0. The predicted octanol–water partition coefficient (Wildman–Crippen LogP) is 3.59. The molecule has 0 unspecified atom stereocenters. The quantitative estimate of drug-likeness (QED) is 0.576. The fourth-order valence-electron chi connectivity index (χ4n) is 3.86. The molecule has 34 heavy (non-hydrogen) atoms. The maximum Gasteiger partial charge on any atom is 0.415 e. The molecule has 1 fully saturated rings. The third-order valence-corrected chi connectivity index (χ3v) is 5.83. The second-order valence-corrected chi connectivity index (χ2v) is 8.39. The number of aryl methyl sites for hydroxylation is 3. The zero-order valence-corrected chi connectivity index (χ0v) is 19.2. The summed E-state index contributed by atoms with van der Waals surface area (Å²) in [6.07, 6.45) is 2.77. The molecule has 0 saturated carbocycles. The Labute approximate surface area is 198 Å². The van der Waals surface area contributed by atoms with Crippen molar-refractivity contribution in [1.82, 2.24) is 19.8 Å². The zero-order valence-electron chi connectivity index (χ0n) is 19.2. The van der Waals surface area contributed by atoms with Crippen LogP contribution in [0, 0.1) is 6.92 Å². The van der Waals surface area contributed by atoms with Gasteiger partial charge in [0.05, 0.1) is 11.3 Å². The number of aromatic nitrogens is 2. The Morgan fingerprint density at radius 2 is 1.71 bits per heavy atom. The highest BCUT2D eigenvalue weighted by atomic mass is 16.6. The maximum absolute atomic E-state index is 12.6. The van der Waals surface area contributed by atoms with Crippen LogP contribution in [0.15, 0.2) is 60.8 Å². The fraction of sp³-hybridized carbons (Fsp3) is 0.308. The molecular formula is C26H28N4O4. The van der Waals surface area contributed by atoms with Crippen LogP contribution in [-0.2, 0) is 19.4 Å². The van der Waals surface area contributed by atoms with Crippen molar-refractivity contribution in [3.05, 3.63) is 89.0 Å². The molecule has 1 amide bonds. The number of nitrogens with zero attached hydrogens (tertiary/aromatic N) is 4. The van der Waals surface area contributed by atoms with E-state index >= 15 is 0 Å². The Bertz CT molecular complexity index is 1120. The molecular weight excluding hydrogens is 432 g/mol. The second kappa shape index (κ2) is 10.9. The van der Waals surface area contributed by atoms with E-state index < -0.39 is 5.97 Å². The summed E-state index contributed by atoms with van der Waals surface area (Å²) in [5, 5.41) is 8.97. The Hall–Kier alpha value is -3.78. The summed E-state index contributed by atoms with van der Waals surface area (Å²) in [5.74, 6) is -0.451. The molecule has 1 saturated heterocycles. The van der Waals surface area contributed by atoms with Crippen LogP contribution in [-0.4, -0.2) is 63.1 Å². The highest BCUT2D eigenvalue weighted by Crippen LogP contribution is 2.16. The number of aromatic carboxylic acids is 1. The lowest BCUT2D eigenvalue weighted by atomic mass is 10.1. The van der Waals surface area contributed by atoms with Crippen molar-refractivity contribution in [3.8, 4) is 5.75 Å². The molecule has 1 aliphatic heterocycles. The van der Waals surface area contributed by atoms with Gasteiger partial charge in [-0.3, -0.25) is 14.9 Å². The molecule has 0 radical (unpaired) electrons. The van der Waals surface area contributed by atoms with Gasteiger partial charge in [-0.05, 0) is 61.7 Å². The van der Waals surface area contributed by atoms with Crippen LogP contribution in [0.2, 0.25) is 0 Å². The van der Waals surface area contributed by atoms with E-state index in [4.69, 9.17) is 9.84 Å². The van der Waals surface area contributed by atoms with Crippen molar-refractivity contribution >= 4 is 12.1 Å². The molecule has 0 atom stereocenters. The molecule has 8 nitrogen and oxygen atoms in total. The van der Waals surface area contributed by atoms with E-state index in [0.29, 0.717) is 38.5 Å². The van der Waals surface area contributed by atoms with Crippen molar-refractivity contribution in [1.29, 1.82) is 0 Å². The SMILES string of the molecule is Cc1cccc(CCc2ccc(OC(=O)N3CCN(Cc4ccc(C(=O)O)cn4)CC3)cc2)n1. The number of pyridine rings is 2. The standard InChI is InChI=1S/C26H28N4O4/c1-19-3-2-4-22(28-19)9-5-20-6-11-24(12-7-20)34-26(33)30-15-13-29(14-16-30)18-23-10-8-21(17-27-23)25(31)32/h2-4,6-8,10-12,17H,5,9,13-16,18H2,1H3,(H,31,32). The van der Waals surface area contributed by atoms with E-state index in [1.165, 1.54) is 11.8 Å². The second-order valence-electron chi connectivity index (χ2n) is 8.39. The first-order valence-corrected chi connectivity index (χ1v) is 11.3. The summed E-state index contributed by atoms with van der Waals surface area (Å²) in [4.78, 5) is 36.1. The normalized spacial score (nSPS) is 14.1. The smallest absolute Gasteiger partial charge is 0.415 e. The third-order valence-electron chi connectivity index (χ3n) is 5.83. The van der Waals surface area contributed by atoms with E-state index in [1.807, 2.05) is 49.4 Å². The Kier molecular flexibility index (Phi) is 7.49. The van der Waals surface area contributed by atoms with Crippen LogP contribution >= 0.6 is 0 Å². The van der Waals surface area contributed by atoms with Gasteiger partial charge in [-0.25, -0.2) is 9.59 Å². The average Bonchev–Trinajstić information content (AvgIpc) is 2.84. The lowest BCUT2D eigenvalue weighted by Crippen LogP contribution is -2.49. The summed E-state index contributed by atoms with van der Waals surface area (Å²) in [5.41, 5.74) is 4.24. The first-order valence-electron chi connectivity index (χ1n) is 11.3. The number of benzene rings is 1. The molecule has 176 valence electrons. The molecule has 8 heteroatoms. The summed E-state index contributed by atoms with van der Waals surface area (Å²) < 4.78 is 5.56. The largest absolute Gasteiger partial charge is 0.478 e. The number of carboxylic acid groups (broad SMARTS) is 1. The summed E-state index contributed by atoms with van der Waals surface area (Å²) >= 11 is 0. The molecule has 4 rings (SSSR count). The third kappa shape index (κ3) is 6.39. The van der Waals surface area contributed by atoms with Gasteiger partial charge in [-0.1, -0.05) is 18.2 Å². The van der Waals surface area contributed by atoms with Crippen molar-refractivity contribution in [2.24, 2.45) is 0 Å². The first-order chi connectivity index (χ1) is 16.5. The molecule has 0 bridgehead atoms. The lowest BCUT2D eigenvalue weighted by Gasteiger charge is -2.33. The van der Waals surface area contributed by atoms with Crippen molar-refractivity contribution in [2.75, 3.05) is 26.2 Å². The van der Waals surface area contributed by atoms with Crippen LogP contribution in [0.1, 0.15) is 33.0 Å². The summed E-state index contributed by atoms with van der Waals surface area (Å²) in [6, 6.07) is 17.0. The number of amides is 1. The van der Waals surface area contributed by atoms with E-state index in [9.17, 15) is 9.59 Å². The molecule has 0 spiro atoms. The lowest BCUT2D eigenvalue weighted by molar-refractivity contribution is 0.0696. The fourth-order valence-corrected chi connectivity index (χ4v) is 3.86. The van der Waals surface area contributed by atoms with Gasteiger partial charge in [-0.15, -0.1) is 0 Å². The molecule has 1 aromatic carbocycles. The number of ether oxygens (including phenoxy) is 1. The van der Waals surface area contributed by atoms with Gasteiger partial charge in [0, 0.05) is 50.3 Å². The molecule has 0 aliphatic carbocycles. The number of rotatable bonds is 7. The number of hydrogen-bond acceptors (Lipinski definition) is 6. The first kappa shape index (κ1) is 23.4. The minimum atomic E-state index is -0.986. The number of piperazine rings is 1. The molecule has 3 aromatic rings. The number of hydrogen-bond donors (Lipinski definition) is 1. The van der Waals surface area contributed by atoms with Crippen molar-refractivity contribution in [3.63, 3.8) is 0 Å². The van der Waals surface area contributed by atoms with Gasteiger partial charge in [-0.2, -0.15) is 0 Å². The number of carboxylic acids is 1. The molecule has 1 N–H and O–H groups in total. The minimum absolute atomic E-state index is 0.174. The Morgan fingerprint density at radius 1 is 0.941 bits per heavy atom. The van der Waals surface area contributed by atoms with Gasteiger partial charge >= 0.3 is 12.1 Å². The van der Waals surface area contributed by atoms with Gasteiger partial charge < -0.3 is 14.7 Å². The van der Waals surface area contributed by atoms with Crippen LogP contribution in [0.3, 0.4) is 0 Å². The van der Waals surface area contributed by atoms with Crippen LogP contribution < -0.4 is 4.74 Å². The van der Waals surface area contributed by atoms with Gasteiger partial charge in [0.2, 0.25) is 0 Å². The highest BCUT2D eigenvalue weighted by Gasteiger charge is 2.23. The predicted molar refractivity (Wildman–Crippen MR) is 127 cm³/mol. The van der Waals surface area contributed by atoms with Crippen LogP contribution in [0.4, 0.5) is 4.79 Å². The average molecular weight is 461 g/mol. The molecule has 3 heterocycles. The topological polar surface area (TPSA) is 95.9 Å². The van der Waals surface area contributed by atoms with Gasteiger partial charge in [0.15, 0.2) is 0 Å². The minimum Gasteiger partial charge on any atom is -0.478 e.